The Morgan fingerprint density at radius 3 is 2.48 bits per heavy atom. The zero-order valence-corrected chi connectivity index (χ0v) is 19.3. The molecule has 0 radical (unpaired) electrons. The van der Waals surface area contributed by atoms with Crippen molar-refractivity contribution in [2.24, 2.45) is 4.99 Å². The lowest BCUT2D eigenvalue weighted by Gasteiger charge is -2.32. The molecule has 7 heteroatoms. The van der Waals surface area contributed by atoms with Gasteiger partial charge in [0, 0.05) is 24.7 Å². The van der Waals surface area contributed by atoms with Gasteiger partial charge in [-0.2, -0.15) is 0 Å². The van der Waals surface area contributed by atoms with Gasteiger partial charge >= 0.3 is 0 Å². The largest absolute Gasteiger partial charge is 0.495 e. The Balaban J connectivity index is 1.48. The van der Waals surface area contributed by atoms with Gasteiger partial charge in [0.15, 0.2) is 0 Å². The summed E-state index contributed by atoms with van der Waals surface area (Å²) in [6.07, 6.45) is 0.975. The van der Waals surface area contributed by atoms with Crippen molar-refractivity contribution in [1.82, 2.24) is 4.90 Å². The Morgan fingerprint density at radius 2 is 1.70 bits per heavy atom. The van der Waals surface area contributed by atoms with Crippen molar-refractivity contribution in [2.75, 3.05) is 32.3 Å². The molecule has 0 bridgehead atoms. The van der Waals surface area contributed by atoms with Crippen LogP contribution in [0.2, 0.25) is 5.02 Å². The molecule has 3 aromatic carbocycles. The number of carbonyl (C=O) groups is 1. The minimum absolute atomic E-state index is 0.135. The minimum Gasteiger partial charge on any atom is -0.495 e. The molecule has 5 rings (SSSR count). The molecule has 0 aromatic heterocycles. The van der Waals surface area contributed by atoms with Crippen molar-refractivity contribution in [3.05, 3.63) is 82.4 Å². The number of aliphatic imine (C=N–C) groups is 1. The van der Waals surface area contributed by atoms with Gasteiger partial charge in [-0.15, -0.1) is 0 Å². The van der Waals surface area contributed by atoms with Gasteiger partial charge < -0.3 is 9.47 Å². The Hall–Kier alpha value is -3.35. The minimum atomic E-state index is -0.135. The second-order valence-corrected chi connectivity index (χ2v) is 8.49. The van der Waals surface area contributed by atoms with Gasteiger partial charge in [0.25, 0.3) is 5.91 Å². The van der Waals surface area contributed by atoms with Crippen LogP contribution in [-0.2, 0) is 17.8 Å². The smallest absolute Gasteiger partial charge is 0.278 e. The van der Waals surface area contributed by atoms with E-state index in [1.54, 1.807) is 31.3 Å². The quantitative estimate of drug-likeness (QED) is 0.545. The van der Waals surface area contributed by atoms with E-state index in [4.69, 9.17) is 26.1 Å². The van der Waals surface area contributed by atoms with Crippen LogP contribution >= 0.6 is 11.6 Å². The summed E-state index contributed by atoms with van der Waals surface area (Å²) in [5, 5.41) is 0.403. The predicted molar refractivity (Wildman–Crippen MR) is 130 cm³/mol. The number of halogens is 1. The second kappa shape index (κ2) is 8.89. The van der Waals surface area contributed by atoms with E-state index in [2.05, 4.69) is 29.2 Å². The van der Waals surface area contributed by atoms with Crippen molar-refractivity contribution in [2.45, 2.75) is 13.0 Å². The summed E-state index contributed by atoms with van der Waals surface area (Å²) in [6, 6.07) is 19.6. The number of ether oxygens (including phenoxy) is 2. The van der Waals surface area contributed by atoms with Crippen LogP contribution in [0.25, 0.3) is 0 Å². The summed E-state index contributed by atoms with van der Waals surface area (Å²) in [5.41, 5.74) is 5.22. The first kappa shape index (κ1) is 21.5. The maximum absolute atomic E-state index is 13.6. The van der Waals surface area contributed by atoms with Crippen molar-refractivity contribution in [1.29, 1.82) is 0 Å². The first-order valence-corrected chi connectivity index (χ1v) is 11.2. The first-order valence-electron chi connectivity index (χ1n) is 10.8. The lowest BCUT2D eigenvalue weighted by Crippen LogP contribution is -2.43. The van der Waals surface area contributed by atoms with Crippen LogP contribution in [0, 0.1) is 0 Å². The van der Waals surface area contributed by atoms with Gasteiger partial charge in [-0.3, -0.25) is 14.6 Å². The first-order chi connectivity index (χ1) is 16.1. The number of rotatable bonds is 5. The summed E-state index contributed by atoms with van der Waals surface area (Å²) in [6.45, 7) is 2.22. The van der Waals surface area contributed by atoms with Crippen LogP contribution in [0.1, 0.15) is 16.7 Å². The van der Waals surface area contributed by atoms with E-state index in [1.807, 2.05) is 24.3 Å². The number of hydrogen-bond acceptors (Lipinski definition) is 5. The zero-order valence-electron chi connectivity index (χ0n) is 18.5. The van der Waals surface area contributed by atoms with Crippen molar-refractivity contribution < 1.29 is 14.3 Å². The molecule has 2 aliphatic rings. The maximum atomic E-state index is 13.6. The molecular formula is C26H24ClN3O3. The van der Waals surface area contributed by atoms with Crippen LogP contribution in [0.15, 0.2) is 65.7 Å². The standard InChI is InChI=1S/C26H24ClN3O3/c1-32-23-14-24(33-2)21(13-20(23)27)28-25-19-9-5-6-10-22(19)30(26(25)31)16-29-12-11-17-7-3-4-8-18(17)15-29/h3-10,13-14H,11-12,15-16H2,1-2H3. The molecule has 33 heavy (non-hydrogen) atoms. The monoisotopic (exact) mass is 461 g/mol. The van der Waals surface area contributed by atoms with E-state index in [1.165, 1.54) is 11.1 Å². The van der Waals surface area contributed by atoms with Crippen LogP contribution in [0.3, 0.4) is 0 Å². The topological polar surface area (TPSA) is 54.4 Å². The molecule has 2 heterocycles. The second-order valence-electron chi connectivity index (χ2n) is 8.08. The molecule has 0 saturated carbocycles. The highest BCUT2D eigenvalue weighted by Gasteiger charge is 2.35. The molecule has 2 aliphatic heterocycles. The van der Waals surface area contributed by atoms with Gasteiger partial charge in [-0.1, -0.05) is 54.1 Å². The Morgan fingerprint density at radius 1 is 0.970 bits per heavy atom. The third-order valence-electron chi connectivity index (χ3n) is 6.13. The van der Waals surface area contributed by atoms with Crippen molar-refractivity contribution >= 4 is 34.6 Å². The van der Waals surface area contributed by atoms with Crippen LogP contribution < -0.4 is 14.4 Å². The number of methoxy groups -OCH3 is 2. The summed E-state index contributed by atoms with van der Waals surface area (Å²) >= 11 is 6.33. The van der Waals surface area contributed by atoms with Crippen LogP contribution in [-0.4, -0.2) is 44.0 Å². The number of amides is 1. The maximum Gasteiger partial charge on any atom is 0.278 e. The zero-order chi connectivity index (χ0) is 22.9. The third-order valence-corrected chi connectivity index (χ3v) is 6.43. The van der Waals surface area contributed by atoms with Crippen LogP contribution in [0.5, 0.6) is 11.5 Å². The molecular weight excluding hydrogens is 438 g/mol. The van der Waals surface area contributed by atoms with Crippen molar-refractivity contribution in [3.63, 3.8) is 0 Å². The highest BCUT2D eigenvalue weighted by molar-refractivity contribution is 6.54. The molecule has 0 saturated heterocycles. The number of para-hydroxylation sites is 1. The molecule has 0 fully saturated rings. The summed E-state index contributed by atoms with van der Waals surface area (Å²) < 4.78 is 10.8. The highest BCUT2D eigenvalue weighted by Crippen LogP contribution is 2.39. The molecule has 0 N–H and O–H groups in total. The lowest BCUT2D eigenvalue weighted by molar-refractivity contribution is -0.112. The number of fused-ring (bicyclic) bond motifs is 2. The summed E-state index contributed by atoms with van der Waals surface area (Å²) in [4.78, 5) is 22.4. The number of nitrogens with zero attached hydrogens (tertiary/aromatic N) is 3. The molecule has 0 aliphatic carbocycles. The Kier molecular flexibility index (Phi) is 5.79. The molecule has 168 valence electrons. The molecule has 0 atom stereocenters. The molecule has 0 unspecified atom stereocenters. The highest BCUT2D eigenvalue weighted by atomic mass is 35.5. The Bertz CT molecular complexity index is 1260. The molecule has 0 spiro atoms. The Labute approximate surface area is 198 Å². The molecule has 3 aromatic rings. The number of anilines is 1. The van der Waals surface area contributed by atoms with E-state index >= 15 is 0 Å². The van der Waals surface area contributed by atoms with Crippen molar-refractivity contribution in [3.8, 4) is 11.5 Å². The van der Waals surface area contributed by atoms with Gasteiger partial charge in [0.05, 0.1) is 31.6 Å². The summed E-state index contributed by atoms with van der Waals surface area (Å²) in [7, 11) is 3.09. The van der Waals surface area contributed by atoms with E-state index in [9.17, 15) is 4.79 Å². The number of hydrogen-bond donors (Lipinski definition) is 0. The average Bonchev–Trinajstić information content (AvgIpc) is 3.10. The van der Waals surface area contributed by atoms with Gasteiger partial charge in [-0.05, 0) is 29.7 Å². The van der Waals surface area contributed by atoms with Crippen LogP contribution in [0.4, 0.5) is 11.4 Å². The van der Waals surface area contributed by atoms with E-state index in [0.29, 0.717) is 34.6 Å². The molecule has 6 nitrogen and oxygen atoms in total. The lowest BCUT2D eigenvalue weighted by atomic mass is 10.0. The normalized spacial score (nSPS) is 16.6. The van der Waals surface area contributed by atoms with Gasteiger partial charge in [0.1, 0.15) is 22.9 Å². The number of carbonyl (C=O) groups excluding carboxylic acids is 1. The molecule has 1 amide bonds. The number of benzene rings is 3. The fourth-order valence-electron chi connectivity index (χ4n) is 4.44. The predicted octanol–water partition coefficient (Wildman–Crippen LogP) is 4.84. The fraction of sp³-hybridized carbons (Fsp3) is 0.231. The van der Waals surface area contributed by atoms with Gasteiger partial charge in [-0.25, -0.2) is 4.99 Å². The van der Waals surface area contributed by atoms with Gasteiger partial charge in [0.2, 0.25) is 0 Å². The van der Waals surface area contributed by atoms with E-state index < -0.39 is 0 Å². The van der Waals surface area contributed by atoms with E-state index in [-0.39, 0.29) is 5.91 Å². The SMILES string of the molecule is COc1cc(OC)c(N=C2C(=O)N(CN3CCc4ccccc4C3)c3ccccc32)cc1Cl. The summed E-state index contributed by atoms with van der Waals surface area (Å²) in [5.74, 6) is 0.840. The average molecular weight is 462 g/mol. The fourth-order valence-corrected chi connectivity index (χ4v) is 4.67. The third kappa shape index (κ3) is 3.96. The van der Waals surface area contributed by atoms with E-state index in [0.717, 1.165) is 30.8 Å².